The highest BCUT2D eigenvalue weighted by Crippen LogP contribution is 2.18. The number of halogens is 2. The van der Waals surface area contributed by atoms with E-state index in [4.69, 9.17) is 5.73 Å². The molecule has 1 aromatic carbocycles. The van der Waals surface area contributed by atoms with Gasteiger partial charge in [0.1, 0.15) is 0 Å². The summed E-state index contributed by atoms with van der Waals surface area (Å²) < 4.78 is 1.98. The zero-order chi connectivity index (χ0) is 8.43. The van der Waals surface area contributed by atoms with E-state index in [2.05, 4.69) is 45.2 Å². The molecule has 4 heteroatoms. The molecule has 0 bridgehead atoms. The Hall–Kier alpha value is 0.150. The number of rotatable bonds is 1. The number of nitrogens with two attached hydrogens (primary N) is 1. The van der Waals surface area contributed by atoms with Gasteiger partial charge in [-0.05, 0) is 57.3 Å². The van der Waals surface area contributed by atoms with E-state index in [1.165, 1.54) is 0 Å². The molecule has 0 aliphatic rings. The van der Waals surface area contributed by atoms with Crippen molar-refractivity contribution in [3.63, 3.8) is 0 Å². The Morgan fingerprint density at radius 2 is 2.00 bits per heavy atom. The maximum atomic E-state index is 10.8. The van der Waals surface area contributed by atoms with Crippen molar-refractivity contribution >= 4 is 51.1 Å². The molecule has 0 spiro atoms. The summed E-state index contributed by atoms with van der Waals surface area (Å²) in [5, 5.41) is 0. The van der Waals surface area contributed by atoms with E-state index in [0.717, 1.165) is 7.14 Å². The fourth-order valence-corrected chi connectivity index (χ4v) is 1.82. The van der Waals surface area contributed by atoms with E-state index in [0.29, 0.717) is 5.56 Å². The van der Waals surface area contributed by atoms with Crippen LogP contribution in [-0.2, 0) is 0 Å². The molecule has 0 aliphatic heterocycles. The van der Waals surface area contributed by atoms with Gasteiger partial charge >= 0.3 is 0 Å². The van der Waals surface area contributed by atoms with Crippen molar-refractivity contribution in [3.8, 4) is 0 Å². The van der Waals surface area contributed by atoms with E-state index in [9.17, 15) is 4.79 Å². The predicted molar refractivity (Wildman–Crippen MR) is 60.4 cm³/mol. The molecular weight excluding hydrogens is 368 g/mol. The third-order valence-corrected chi connectivity index (χ3v) is 4.31. The van der Waals surface area contributed by atoms with Crippen LogP contribution < -0.4 is 5.73 Å². The maximum absolute atomic E-state index is 10.8. The number of primary amides is 1. The van der Waals surface area contributed by atoms with Gasteiger partial charge in [0.25, 0.3) is 0 Å². The first-order valence-electron chi connectivity index (χ1n) is 2.86. The van der Waals surface area contributed by atoms with Crippen LogP contribution in [0.15, 0.2) is 18.2 Å². The standard InChI is InChI=1S/C7H5I2NO/c8-5-3-1-2-4(6(5)9)7(10)11/h1-3H,(H2,10,11). The molecule has 0 aliphatic carbocycles. The monoisotopic (exact) mass is 373 g/mol. The Bertz CT molecular complexity index is 298. The zero-order valence-electron chi connectivity index (χ0n) is 5.47. The smallest absolute Gasteiger partial charge is 0.249 e. The third-order valence-electron chi connectivity index (χ3n) is 1.22. The van der Waals surface area contributed by atoms with Crippen LogP contribution in [0, 0.1) is 7.14 Å². The lowest BCUT2D eigenvalue weighted by Crippen LogP contribution is -2.13. The van der Waals surface area contributed by atoms with Crippen LogP contribution in [-0.4, -0.2) is 5.91 Å². The minimum Gasteiger partial charge on any atom is -0.366 e. The fraction of sp³-hybridized carbons (Fsp3) is 0. The van der Waals surface area contributed by atoms with Crippen molar-refractivity contribution in [2.45, 2.75) is 0 Å². The third kappa shape index (κ3) is 2.05. The SMILES string of the molecule is NC(=O)c1cccc(I)c1I. The van der Waals surface area contributed by atoms with Gasteiger partial charge in [-0.3, -0.25) is 4.79 Å². The fourth-order valence-electron chi connectivity index (χ4n) is 0.694. The summed E-state index contributed by atoms with van der Waals surface area (Å²) >= 11 is 4.28. The molecule has 0 unspecified atom stereocenters. The molecule has 0 heterocycles. The predicted octanol–water partition coefficient (Wildman–Crippen LogP) is 1.99. The van der Waals surface area contributed by atoms with Crippen LogP contribution in [0.25, 0.3) is 0 Å². The van der Waals surface area contributed by atoms with Crippen molar-refractivity contribution in [2.75, 3.05) is 0 Å². The Morgan fingerprint density at radius 1 is 1.36 bits per heavy atom. The highest BCUT2D eigenvalue weighted by atomic mass is 127. The van der Waals surface area contributed by atoms with Gasteiger partial charge < -0.3 is 5.73 Å². The van der Waals surface area contributed by atoms with Gasteiger partial charge in [0.15, 0.2) is 0 Å². The van der Waals surface area contributed by atoms with Crippen molar-refractivity contribution in [3.05, 3.63) is 30.9 Å². The van der Waals surface area contributed by atoms with E-state index in [-0.39, 0.29) is 5.91 Å². The normalized spacial score (nSPS) is 9.64. The summed E-state index contributed by atoms with van der Waals surface area (Å²) in [6, 6.07) is 5.49. The molecular formula is C7H5I2NO. The quantitative estimate of drug-likeness (QED) is 0.753. The van der Waals surface area contributed by atoms with Crippen LogP contribution in [0.5, 0.6) is 0 Å². The second-order valence-electron chi connectivity index (χ2n) is 1.97. The van der Waals surface area contributed by atoms with Gasteiger partial charge in [0.05, 0.1) is 5.56 Å². The molecule has 0 radical (unpaired) electrons. The summed E-state index contributed by atoms with van der Waals surface area (Å²) in [5.74, 6) is -0.368. The molecule has 58 valence electrons. The molecule has 2 nitrogen and oxygen atoms in total. The maximum Gasteiger partial charge on any atom is 0.249 e. The Labute approximate surface area is 91.8 Å². The Morgan fingerprint density at radius 3 is 2.45 bits per heavy atom. The number of hydrogen-bond acceptors (Lipinski definition) is 1. The highest BCUT2D eigenvalue weighted by Gasteiger charge is 2.06. The van der Waals surface area contributed by atoms with Crippen LogP contribution >= 0.6 is 45.2 Å². The molecule has 2 N–H and O–H groups in total. The molecule has 1 rings (SSSR count). The van der Waals surface area contributed by atoms with Gasteiger partial charge in [-0.25, -0.2) is 0 Å². The van der Waals surface area contributed by atoms with Crippen LogP contribution in [0.4, 0.5) is 0 Å². The second-order valence-corrected chi connectivity index (χ2v) is 4.21. The van der Waals surface area contributed by atoms with Crippen LogP contribution in [0.1, 0.15) is 10.4 Å². The van der Waals surface area contributed by atoms with Crippen LogP contribution in [0.3, 0.4) is 0 Å². The summed E-state index contributed by atoms with van der Waals surface area (Å²) in [7, 11) is 0. The average molecular weight is 373 g/mol. The number of amides is 1. The lowest BCUT2D eigenvalue weighted by atomic mass is 10.2. The molecule has 1 amide bonds. The molecule has 0 aromatic heterocycles. The lowest BCUT2D eigenvalue weighted by molar-refractivity contribution is 0.0999. The zero-order valence-corrected chi connectivity index (χ0v) is 9.79. The number of carbonyl (C=O) groups excluding carboxylic acids is 1. The molecule has 11 heavy (non-hydrogen) atoms. The summed E-state index contributed by atoms with van der Waals surface area (Å²) in [6.07, 6.45) is 0. The summed E-state index contributed by atoms with van der Waals surface area (Å²) in [6.45, 7) is 0. The van der Waals surface area contributed by atoms with Gasteiger partial charge in [0, 0.05) is 7.14 Å². The van der Waals surface area contributed by atoms with Crippen molar-refractivity contribution in [2.24, 2.45) is 5.73 Å². The van der Waals surface area contributed by atoms with Crippen molar-refractivity contribution in [1.82, 2.24) is 0 Å². The summed E-state index contributed by atoms with van der Waals surface area (Å²) in [4.78, 5) is 10.8. The summed E-state index contributed by atoms with van der Waals surface area (Å²) in [5.41, 5.74) is 5.73. The topological polar surface area (TPSA) is 43.1 Å². The van der Waals surface area contributed by atoms with E-state index < -0.39 is 0 Å². The van der Waals surface area contributed by atoms with Gasteiger partial charge in [-0.15, -0.1) is 0 Å². The largest absolute Gasteiger partial charge is 0.366 e. The molecule has 0 fully saturated rings. The number of benzene rings is 1. The van der Waals surface area contributed by atoms with Gasteiger partial charge in [-0.1, -0.05) is 6.07 Å². The second kappa shape index (κ2) is 3.70. The first-order chi connectivity index (χ1) is 5.13. The molecule has 1 aromatic rings. The van der Waals surface area contributed by atoms with E-state index >= 15 is 0 Å². The molecule has 0 atom stereocenters. The number of hydrogen-bond donors (Lipinski definition) is 1. The lowest BCUT2D eigenvalue weighted by Gasteiger charge is -2.00. The van der Waals surface area contributed by atoms with Crippen LogP contribution in [0.2, 0.25) is 0 Å². The first-order valence-corrected chi connectivity index (χ1v) is 5.02. The average Bonchev–Trinajstić information content (AvgIpc) is 1.94. The Kier molecular flexibility index (Phi) is 3.11. The van der Waals surface area contributed by atoms with Gasteiger partial charge in [-0.2, -0.15) is 0 Å². The Balaban J connectivity index is 3.27. The number of carbonyl (C=O) groups is 1. The minimum absolute atomic E-state index is 0.368. The van der Waals surface area contributed by atoms with Crippen molar-refractivity contribution in [1.29, 1.82) is 0 Å². The first kappa shape index (κ1) is 9.24. The van der Waals surface area contributed by atoms with E-state index in [1.54, 1.807) is 6.07 Å². The van der Waals surface area contributed by atoms with E-state index in [1.807, 2.05) is 12.1 Å². The molecule has 0 saturated carbocycles. The van der Waals surface area contributed by atoms with Gasteiger partial charge in [0.2, 0.25) is 5.91 Å². The van der Waals surface area contributed by atoms with Crippen molar-refractivity contribution < 1.29 is 4.79 Å². The molecule has 0 saturated heterocycles. The minimum atomic E-state index is -0.368. The highest BCUT2D eigenvalue weighted by molar-refractivity contribution is 14.1.